The van der Waals surface area contributed by atoms with E-state index >= 15 is 0 Å². The van der Waals surface area contributed by atoms with Crippen molar-refractivity contribution in [2.45, 2.75) is 19.9 Å². The number of halogens is 2. The zero-order valence-electron chi connectivity index (χ0n) is 9.45. The molecule has 0 radical (unpaired) electrons. The minimum Gasteiger partial charge on any atom is -0.323 e. The highest BCUT2D eigenvalue weighted by Gasteiger charge is 2.06. The van der Waals surface area contributed by atoms with Crippen LogP contribution in [-0.4, -0.2) is 9.55 Å². The number of anilines is 2. The van der Waals surface area contributed by atoms with Gasteiger partial charge in [0.05, 0.1) is 5.69 Å². The highest BCUT2D eigenvalue weighted by atomic mass is 79.9. The van der Waals surface area contributed by atoms with Crippen molar-refractivity contribution >= 4 is 27.6 Å². The van der Waals surface area contributed by atoms with Gasteiger partial charge in [-0.15, -0.1) is 0 Å². The summed E-state index contributed by atoms with van der Waals surface area (Å²) < 4.78 is 16.3. The van der Waals surface area contributed by atoms with Crippen LogP contribution < -0.4 is 5.32 Å². The fourth-order valence-corrected chi connectivity index (χ4v) is 1.90. The molecular formula is C12H13BrFN3. The summed E-state index contributed by atoms with van der Waals surface area (Å²) in [6.07, 6.45) is 4.59. The molecule has 0 unspecified atom stereocenters. The number of aryl methyl sites for hydroxylation is 1. The molecule has 1 N–H and O–H groups in total. The molecule has 0 aliphatic carbocycles. The minimum atomic E-state index is -0.301. The zero-order valence-corrected chi connectivity index (χ0v) is 11.0. The molecule has 0 aliphatic rings. The summed E-state index contributed by atoms with van der Waals surface area (Å²) in [4.78, 5) is 4.17. The van der Waals surface area contributed by atoms with Gasteiger partial charge in [-0.3, -0.25) is 0 Å². The van der Waals surface area contributed by atoms with E-state index in [-0.39, 0.29) is 5.82 Å². The van der Waals surface area contributed by atoms with E-state index in [4.69, 9.17) is 0 Å². The van der Waals surface area contributed by atoms with Crippen molar-refractivity contribution in [1.29, 1.82) is 0 Å². The van der Waals surface area contributed by atoms with Gasteiger partial charge in [0.25, 0.3) is 0 Å². The van der Waals surface area contributed by atoms with E-state index in [2.05, 4.69) is 33.2 Å². The lowest BCUT2D eigenvalue weighted by Gasteiger charge is -2.09. The molecule has 5 heteroatoms. The number of benzene rings is 1. The molecule has 0 atom stereocenters. The van der Waals surface area contributed by atoms with Crippen molar-refractivity contribution < 1.29 is 4.39 Å². The molecule has 17 heavy (non-hydrogen) atoms. The number of imidazole rings is 1. The maximum atomic E-state index is 13.6. The van der Waals surface area contributed by atoms with Gasteiger partial charge >= 0.3 is 0 Å². The predicted molar refractivity (Wildman–Crippen MR) is 69.9 cm³/mol. The number of aromatic nitrogens is 2. The smallest absolute Gasteiger partial charge is 0.207 e. The van der Waals surface area contributed by atoms with E-state index in [1.165, 1.54) is 6.07 Å². The van der Waals surface area contributed by atoms with Crippen LogP contribution in [0.25, 0.3) is 0 Å². The largest absolute Gasteiger partial charge is 0.323 e. The lowest BCUT2D eigenvalue weighted by Crippen LogP contribution is -2.03. The normalized spacial score (nSPS) is 10.5. The van der Waals surface area contributed by atoms with Gasteiger partial charge in [-0.1, -0.05) is 22.9 Å². The van der Waals surface area contributed by atoms with Crippen LogP contribution in [0.5, 0.6) is 0 Å². The molecule has 0 fully saturated rings. The van der Waals surface area contributed by atoms with Crippen LogP contribution in [0, 0.1) is 5.82 Å². The topological polar surface area (TPSA) is 29.9 Å². The number of hydrogen-bond donors (Lipinski definition) is 1. The Morgan fingerprint density at radius 1 is 1.47 bits per heavy atom. The van der Waals surface area contributed by atoms with Gasteiger partial charge in [0.1, 0.15) is 5.82 Å². The quantitative estimate of drug-likeness (QED) is 0.926. The molecule has 1 aromatic heterocycles. The fraction of sp³-hybridized carbons (Fsp3) is 0.250. The average Bonchev–Trinajstić information content (AvgIpc) is 2.71. The molecule has 0 spiro atoms. The second-order valence-corrected chi connectivity index (χ2v) is 4.61. The van der Waals surface area contributed by atoms with Crippen LogP contribution >= 0.6 is 15.9 Å². The summed E-state index contributed by atoms with van der Waals surface area (Å²) >= 11 is 3.22. The molecule has 1 heterocycles. The molecule has 90 valence electrons. The Bertz CT molecular complexity index is 510. The van der Waals surface area contributed by atoms with E-state index in [1.807, 2.05) is 10.8 Å². The molecule has 0 amide bonds. The van der Waals surface area contributed by atoms with E-state index in [1.54, 1.807) is 18.3 Å². The SMILES string of the molecule is CCCn1ccnc1Nc1ccc(Br)cc1F. The Hall–Kier alpha value is -1.36. The minimum absolute atomic E-state index is 0.301. The first-order valence-corrected chi connectivity index (χ1v) is 6.23. The standard InChI is InChI=1S/C12H13BrFN3/c1-2-6-17-7-5-15-12(17)16-11-4-3-9(13)8-10(11)14/h3-5,7-8H,2,6H2,1H3,(H,15,16). The average molecular weight is 298 g/mol. The third-order valence-electron chi connectivity index (χ3n) is 2.36. The van der Waals surface area contributed by atoms with Gasteiger partial charge in [0, 0.05) is 23.4 Å². The Balaban J connectivity index is 2.22. The van der Waals surface area contributed by atoms with E-state index in [0.717, 1.165) is 17.4 Å². The van der Waals surface area contributed by atoms with Crippen LogP contribution in [0.1, 0.15) is 13.3 Å². The van der Waals surface area contributed by atoms with Crippen LogP contribution in [0.3, 0.4) is 0 Å². The first kappa shape index (κ1) is 12.1. The first-order chi connectivity index (χ1) is 8.20. The summed E-state index contributed by atoms with van der Waals surface area (Å²) in [6.45, 7) is 2.95. The molecule has 0 aliphatic heterocycles. The second kappa shape index (κ2) is 5.31. The van der Waals surface area contributed by atoms with Gasteiger partial charge in [0.2, 0.25) is 5.95 Å². The maximum Gasteiger partial charge on any atom is 0.207 e. The number of rotatable bonds is 4. The molecule has 0 bridgehead atoms. The van der Waals surface area contributed by atoms with E-state index < -0.39 is 0 Å². The molecular weight excluding hydrogens is 285 g/mol. The Kier molecular flexibility index (Phi) is 3.78. The van der Waals surface area contributed by atoms with E-state index in [0.29, 0.717) is 11.6 Å². The Morgan fingerprint density at radius 2 is 2.29 bits per heavy atom. The van der Waals surface area contributed by atoms with Gasteiger partial charge in [-0.05, 0) is 24.6 Å². The van der Waals surface area contributed by atoms with Crippen molar-refractivity contribution in [1.82, 2.24) is 9.55 Å². The van der Waals surface area contributed by atoms with Crippen molar-refractivity contribution in [3.63, 3.8) is 0 Å². The van der Waals surface area contributed by atoms with Gasteiger partial charge in [-0.2, -0.15) is 0 Å². The highest BCUT2D eigenvalue weighted by Crippen LogP contribution is 2.22. The van der Waals surface area contributed by atoms with Crippen molar-refractivity contribution in [2.75, 3.05) is 5.32 Å². The monoisotopic (exact) mass is 297 g/mol. The van der Waals surface area contributed by atoms with Crippen LogP contribution in [-0.2, 0) is 6.54 Å². The molecule has 2 aromatic rings. The zero-order chi connectivity index (χ0) is 12.3. The Morgan fingerprint density at radius 3 is 3.00 bits per heavy atom. The van der Waals surface area contributed by atoms with Crippen molar-refractivity contribution in [3.8, 4) is 0 Å². The van der Waals surface area contributed by atoms with Crippen LogP contribution in [0.4, 0.5) is 16.0 Å². The lowest BCUT2D eigenvalue weighted by atomic mass is 10.3. The molecule has 0 saturated carbocycles. The predicted octanol–water partition coefficient (Wildman–Crippen LogP) is 3.94. The second-order valence-electron chi connectivity index (χ2n) is 3.69. The highest BCUT2D eigenvalue weighted by molar-refractivity contribution is 9.10. The van der Waals surface area contributed by atoms with Crippen LogP contribution in [0.2, 0.25) is 0 Å². The van der Waals surface area contributed by atoms with Crippen molar-refractivity contribution in [2.24, 2.45) is 0 Å². The van der Waals surface area contributed by atoms with Crippen molar-refractivity contribution in [3.05, 3.63) is 40.9 Å². The van der Waals surface area contributed by atoms with Gasteiger partial charge in [-0.25, -0.2) is 9.37 Å². The molecule has 0 saturated heterocycles. The molecule has 2 rings (SSSR count). The van der Waals surface area contributed by atoms with E-state index in [9.17, 15) is 4.39 Å². The summed E-state index contributed by atoms with van der Waals surface area (Å²) in [5.74, 6) is 0.360. The third-order valence-corrected chi connectivity index (χ3v) is 2.85. The summed E-state index contributed by atoms with van der Waals surface area (Å²) in [7, 11) is 0. The Labute approximate surface area is 108 Å². The summed E-state index contributed by atoms with van der Waals surface area (Å²) in [5, 5.41) is 2.99. The maximum absolute atomic E-state index is 13.6. The van der Waals surface area contributed by atoms with Gasteiger partial charge in [0.15, 0.2) is 0 Å². The first-order valence-electron chi connectivity index (χ1n) is 5.44. The number of hydrogen-bond acceptors (Lipinski definition) is 2. The number of nitrogens with one attached hydrogen (secondary N) is 1. The lowest BCUT2D eigenvalue weighted by molar-refractivity contribution is 0.629. The molecule has 3 nitrogen and oxygen atoms in total. The van der Waals surface area contributed by atoms with Gasteiger partial charge < -0.3 is 9.88 Å². The van der Waals surface area contributed by atoms with Crippen LogP contribution in [0.15, 0.2) is 35.1 Å². The fourth-order valence-electron chi connectivity index (χ4n) is 1.57. The number of nitrogens with zero attached hydrogens (tertiary/aromatic N) is 2. The molecule has 1 aromatic carbocycles. The summed E-state index contributed by atoms with van der Waals surface area (Å²) in [6, 6.07) is 4.90. The third kappa shape index (κ3) is 2.85. The summed E-state index contributed by atoms with van der Waals surface area (Å²) in [5.41, 5.74) is 0.428.